The Labute approximate surface area is 112 Å². The first-order valence-electron chi connectivity index (χ1n) is 6.70. The van der Waals surface area contributed by atoms with E-state index in [1.165, 1.54) is 0 Å². The molecule has 0 aromatic heterocycles. The smallest absolute Gasteiger partial charge is 0.163 e. The van der Waals surface area contributed by atoms with E-state index in [0.717, 1.165) is 0 Å². The maximum absolute atomic E-state index is 14.0. The molecular formula is C15H21F2NO. The van der Waals surface area contributed by atoms with E-state index in [1.807, 2.05) is 20.8 Å². The summed E-state index contributed by atoms with van der Waals surface area (Å²) >= 11 is 0. The molecular weight excluding hydrogens is 248 g/mol. The lowest BCUT2D eigenvalue weighted by Gasteiger charge is -2.26. The molecule has 0 bridgehead atoms. The SMILES string of the molecule is Cc1ccc(C(N)C2C(C)OC(C)C2C)c(F)c1F. The minimum Gasteiger partial charge on any atom is -0.375 e. The summed E-state index contributed by atoms with van der Waals surface area (Å²) in [4.78, 5) is 0. The summed E-state index contributed by atoms with van der Waals surface area (Å²) in [5.74, 6) is -1.42. The van der Waals surface area contributed by atoms with Crippen molar-refractivity contribution in [3.63, 3.8) is 0 Å². The van der Waals surface area contributed by atoms with E-state index in [1.54, 1.807) is 19.1 Å². The molecule has 1 fully saturated rings. The number of hydrogen-bond acceptors (Lipinski definition) is 2. The zero-order chi connectivity index (χ0) is 14.3. The molecule has 2 rings (SSSR count). The second kappa shape index (κ2) is 5.17. The third-order valence-corrected chi connectivity index (χ3v) is 4.40. The van der Waals surface area contributed by atoms with Gasteiger partial charge in [-0.2, -0.15) is 0 Å². The Morgan fingerprint density at radius 1 is 1.11 bits per heavy atom. The van der Waals surface area contributed by atoms with E-state index in [4.69, 9.17) is 10.5 Å². The highest BCUT2D eigenvalue weighted by atomic mass is 19.2. The molecule has 1 aliphatic heterocycles. The van der Waals surface area contributed by atoms with Crippen molar-refractivity contribution in [3.05, 3.63) is 34.9 Å². The van der Waals surface area contributed by atoms with Crippen LogP contribution in [-0.4, -0.2) is 12.2 Å². The molecule has 1 aromatic rings. The van der Waals surface area contributed by atoms with Gasteiger partial charge in [-0.05, 0) is 32.3 Å². The Bertz CT molecular complexity index is 477. The molecule has 1 aromatic carbocycles. The summed E-state index contributed by atoms with van der Waals surface area (Å²) in [6, 6.07) is 2.60. The Hall–Kier alpha value is -1.00. The van der Waals surface area contributed by atoms with Crippen molar-refractivity contribution >= 4 is 0 Å². The lowest BCUT2D eigenvalue weighted by atomic mass is 9.80. The van der Waals surface area contributed by atoms with Gasteiger partial charge in [-0.1, -0.05) is 19.1 Å². The maximum Gasteiger partial charge on any atom is 0.163 e. The van der Waals surface area contributed by atoms with Crippen molar-refractivity contribution in [2.24, 2.45) is 17.6 Å². The normalized spacial score (nSPS) is 32.6. The lowest BCUT2D eigenvalue weighted by molar-refractivity contribution is 0.0488. The van der Waals surface area contributed by atoms with Gasteiger partial charge < -0.3 is 10.5 Å². The van der Waals surface area contributed by atoms with Crippen molar-refractivity contribution in [1.29, 1.82) is 0 Å². The van der Waals surface area contributed by atoms with Gasteiger partial charge in [0.1, 0.15) is 0 Å². The fraction of sp³-hybridized carbons (Fsp3) is 0.600. The molecule has 5 atom stereocenters. The van der Waals surface area contributed by atoms with E-state index in [0.29, 0.717) is 5.56 Å². The van der Waals surface area contributed by atoms with Crippen LogP contribution in [0.4, 0.5) is 8.78 Å². The summed E-state index contributed by atoms with van der Waals surface area (Å²) in [5, 5.41) is 0. The molecule has 2 N–H and O–H groups in total. The van der Waals surface area contributed by atoms with Crippen LogP contribution in [0.25, 0.3) is 0 Å². The van der Waals surface area contributed by atoms with Gasteiger partial charge in [-0.25, -0.2) is 8.78 Å². The third kappa shape index (κ3) is 2.39. The fourth-order valence-electron chi connectivity index (χ4n) is 3.04. The Balaban J connectivity index is 2.35. The van der Waals surface area contributed by atoms with Gasteiger partial charge in [0.25, 0.3) is 0 Å². The van der Waals surface area contributed by atoms with E-state index in [-0.39, 0.29) is 29.6 Å². The molecule has 2 nitrogen and oxygen atoms in total. The molecule has 0 spiro atoms. The highest BCUT2D eigenvalue weighted by Crippen LogP contribution is 2.40. The van der Waals surface area contributed by atoms with Gasteiger partial charge in [-0.15, -0.1) is 0 Å². The third-order valence-electron chi connectivity index (χ3n) is 4.40. The molecule has 4 heteroatoms. The van der Waals surface area contributed by atoms with Crippen LogP contribution in [0.15, 0.2) is 12.1 Å². The van der Waals surface area contributed by atoms with Crippen LogP contribution in [0.1, 0.15) is 37.9 Å². The lowest BCUT2D eigenvalue weighted by Crippen LogP contribution is -2.31. The van der Waals surface area contributed by atoms with Crippen molar-refractivity contribution in [2.45, 2.75) is 45.9 Å². The summed E-state index contributed by atoms with van der Waals surface area (Å²) in [6.07, 6.45) is 0.0353. The first-order valence-corrected chi connectivity index (χ1v) is 6.70. The Morgan fingerprint density at radius 3 is 2.26 bits per heavy atom. The summed E-state index contributed by atoms with van der Waals surface area (Å²) in [7, 11) is 0. The molecule has 1 heterocycles. The Morgan fingerprint density at radius 2 is 1.74 bits per heavy atom. The molecule has 19 heavy (non-hydrogen) atoms. The predicted molar refractivity (Wildman–Crippen MR) is 70.7 cm³/mol. The number of rotatable bonds is 2. The zero-order valence-corrected chi connectivity index (χ0v) is 11.8. The highest BCUT2D eigenvalue weighted by molar-refractivity contribution is 5.28. The number of benzene rings is 1. The Kier molecular flexibility index (Phi) is 3.92. The van der Waals surface area contributed by atoms with Crippen molar-refractivity contribution in [3.8, 4) is 0 Å². The number of aryl methyl sites for hydroxylation is 1. The second-order valence-electron chi connectivity index (χ2n) is 5.61. The van der Waals surface area contributed by atoms with Crippen LogP contribution in [0, 0.1) is 30.4 Å². The van der Waals surface area contributed by atoms with Crippen LogP contribution in [0.3, 0.4) is 0 Å². The average Bonchev–Trinajstić information content (AvgIpc) is 2.60. The van der Waals surface area contributed by atoms with Gasteiger partial charge in [-0.3, -0.25) is 0 Å². The van der Waals surface area contributed by atoms with Crippen LogP contribution in [0.2, 0.25) is 0 Å². The largest absolute Gasteiger partial charge is 0.375 e. The molecule has 1 aliphatic rings. The maximum atomic E-state index is 14.0. The van der Waals surface area contributed by atoms with Crippen LogP contribution in [-0.2, 0) is 4.74 Å². The van der Waals surface area contributed by atoms with Crippen molar-refractivity contribution in [1.82, 2.24) is 0 Å². The molecule has 0 saturated carbocycles. The molecule has 0 amide bonds. The topological polar surface area (TPSA) is 35.2 Å². The van der Waals surface area contributed by atoms with Gasteiger partial charge in [0.15, 0.2) is 11.6 Å². The van der Waals surface area contributed by atoms with E-state index in [2.05, 4.69) is 0 Å². The number of ether oxygens (including phenoxy) is 1. The van der Waals surface area contributed by atoms with Crippen molar-refractivity contribution in [2.75, 3.05) is 0 Å². The van der Waals surface area contributed by atoms with E-state index in [9.17, 15) is 8.78 Å². The zero-order valence-electron chi connectivity index (χ0n) is 11.8. The molecule has 5 unspecified atom stereocenters. The summed E-state index contributed by atoms with van der Waals surface area (Å²) in [6.45, 7) is 7.51. The molecule has 0 aliphatic carbocycles. The minimum absolute atomic E-state index is 0.00777. The number of halogens is 2. The molecule has 106 valence electrons. The number of hydrogen-bond donors (Lipinski definition) is 1. The van der Waals surface area contributed by atoms with Crippen LogP contribution < -0.4 is 5.73 Å². The second-order valence-corrected chi connectivity index (χ2v) is 5.61. The molecule has 0 radical (unpaired) electrons. The van der Waals surface area contributed by atoms with Gasteiger partial charge in [0.2, 0.25) is 0 Å². The first kappa shape index (κ1) is 14.4. The quantitative estimate of drug-likeness (QED) is 0.893. The minimum atomic E-state index is -0.827. The van der Waals surface area contributed by atoms with E-state index >= 15 is 0 Å². The van der Waals surface area contributed by atoms with Crippen LogP contribution >= 0.6 is 0 Å². The van der Waals surface area contributed by atoms with E-state index < -0.39 is 17.7 Å². The van der Waals surface area contributed by atoms with Gasteiger partial charge in [0, 0.05) is 17.5 Å². The standard InChI is InChI=1S/C15H21F2NO/c1-7-5-6-11(14(17)13(7)16)15(18)12-8(2)9(3)19-10(12)4/h5-6,8-10,12,15H,18H2,1-4H3. The summed E-state index contributed by atoms with van der Waals surface area (Å²) in [5.41, 5.74) is 6.71. The highest BCUT2D eigenvalue weighted by Gasteiger charge is 2.41. The summed E-state index contributed by atoms with van der Waals surface area (Å²) < 4.78 is 33.4. The first-order chi connectivity index (χ1) is 8.84. The predicted octanol–water partition coefficient (Wildman–Crippen LogP) is 3.33. The average molecular weight is 269 g/mol. The van der Waals surface area contributed by atoms with Crippen molar-refractivity contribution < 1.29 is 13.5 Å². The van der Waals surface area contributed by atoms with Gasteiger partial charge >= 0.3 is 0 Å². The monoisotopic (exact) mass is 269 g/mol. The van der Waals surface area contributed by atoms with Crippen LogP contribution in [0.5, 0.6) is 0 Å². The molecule has 1 saturated heterocycles. The van der Waals surface area contributed by atoms with Gasteiger partial charge in [0.05, 0.1) is 12.2 Å². The number of nitrogens with two attached hydrogens (primary N) is 1. The fourth-order valence-corrected chi connectivity index (χ4v) is 3.04.